The van der Waals surface area contributed by atoms with E-state index in [-0.39, 0.29) is 25.9 Å². The molecule has 4 amide bonds. The van der Waals surface area contributed by atoms with Crippen molar-refractivity contribution in [2.45, 2.75) is 18.9 Å². The van der Waals surface area contributed by atoms with Crippen LogP contribution in [0.3, 0.4) is 0 Å². The van der Waals surface area contributed by atoms with E-state index in [9.17, 15) is 24.3 Å². The second kappa shape index (κ2) is 14.0. The van der Waals surface area contributed by atoms with E-state index < -0.39 is 29.9 Å². The first-order chi connectivity index (χ1) is 18.4. The quantitative estimate of drug-likeness (QED) is 0.249. The highest BCUT2D eigenvalue weighted by Crippen LogP contribution is 2.24. The van der Waals surface area contributed by atoms with Crippen molar-refractivity contribution in [3.63, 3.8) is 0 Å². The lowest BCUT2D eigenvalue weighted by molar-refractivity contribution is -0.138. The van der Waals surface area contributed by atoms with E-state index in [1.807, 2.05) is 42.5 Å². The molecule has 1 atom stereocenters. The van der Waals surface area contributed by atoms with Crippen LogP contribution in [0.2, 0.25) is 0 Å². The van der Waals surface area contributed by atoms with E-state index in [0.29, 0.717) is 17.0 Å². The first-order valence-electron chi connectivity index (χ1n) is 12.0. The SMILES string of the molecule is COc1ccccc1NC(=O)NCCC(=O)NCC(=O)NC(CC(=O)O)c1ccc(-c2ccccc2)cc1. The summed E-state index contributed by atoms with van der Waals surface area (Å²) in [6.45, 7) is -0.283. The predicted molar refractivity (Wildman–Crippen MR) is 143 cm³/mol. The number of ether oxygens (including phenoxy) is 1. The van der Waals surface area contributed by atoms with Crippen LogP contribution in [-0.2, 0) is 14.4 Å². The summed E-state index contributed by atoms with van der Waals surface area (Å²) in [6.07, 6.45) is -0.359. The fraction of sp³-hybridized carbons (Fsp3) is 0.214. The van der Waals surface area contributed by atoms with Crippen molar-refractivity contribution in [2.75, 3.05) is 25.5 Å². The number of carbonyl (C=O) groups is 4. The van der Waals surface area contributed by atoms with Gasteiger partial charge in [0.15, 0.2) is 0 Å². The Morgan fingerprint density at radius 3 is 2.16 bits per heavy atom. The van der Waals surface area contributed by atoms with Crippen molar-refractivity contribution in [1.82, 2.24) is 16.0 Å². The molecular formula is C28H30N4O6. The Kier molecular flexibility index (Phi) is 10.2. The highest BCUT2D eigenvalue weighted by Gasteiger charge is 2.19. The van der Waals surface area contributed by atoms with Gasteiger partial charge in [0.25, 0.3) is 0 Å². The third-order valence-electron chi connectivity index (χ3n) is 5.57. The molecule has 3 aromatic rings. The molecule has 3 rings (SSSR count). The fourth-order valence-corrected chi connectivity index (χ4v) is 3.68. The number of carboxylic acid groups (broad SMARTS) is 1. The molecular weight excluding hydrogens is 488 g/mol. The van der Waals surface area contributed by atoms with Gasteiger partial charge in [-0.25, -0.2) is 4.79 Å². The van der Waals surface area contributed by atoms with Gasteiger partial charge in [-0.05, 0) is 28.8 Å². The number of nitrogens with one attached hydrogen (secondary N) is 4. The average molecular weight is 519 g/mol. The van der Waals surface area contributed by atoms with Crippen molar-refractivity contribution in [1.29, 1.82) is 0 Å². The van der Waals surface area contributed by atoms with Crippen LogP contribution in [0.25, 0.3) is 11.1 Å². The maximum atomic E-state index is 12.4. The van der Waals surface area contributed by atoms with Crippen molar-refractivity contribution < 1.29 is 29.0 Å². The lowest BCUT2D eigenvalue weighted by Gasteiger charge is -2.18. The molecule has 38 heavy (non-hydrogen) atoms. The number of methoxy groups -OCH3 is 1. The van der Waals surface area contributed by atoms with Crippen LogP contribution in [0, 0.1) is 0 Å². The van der Waals surface area contributed by atoms with Gasteiger partial charge in [-0.3, -0.25) is 14.4 Å². The molecule has 0 saturated carbocycles. The van der Waals surface area contributed by atoms with Gasteiger partial charge in [-0.15, -0.1) is 0 Å². The van der Waals surface area contributed by atoms with Gasteiger partial charge < -0.3 is 31.1 Å². The third kappa shape index (κ3) is 8.66. The number of rotatable bonds is 12. The van der Waals surface area contributed by atoms with Crippen LogP contribution in [0.5, 0.6) is 5.75 Å². The minimum atomic E-state index is -1.07. The van der Waals surface area contributed by atoms with Crippen molar-refractivity contribution in [2.24, 2.45) is 0 Å². The zero-order valence-corrected chi connectivity index (χ0v) is 20.9. The molecule has 0 aliphatic carbocycles. The molecule has 3 aromatic carbocycles. The van der Waals surface area contributed by atoms with E-state index in [4.69, 9.17) is 4.74 Å². The number of hydrogen-bond donors (Lipinski definition) is 5. The van der Waals surface area contributed by atoms with E-state index >= 15 is 0 Å². The highest BCUT2D eigenvalue weighted by atomic mass is 16.5. The molecule has 10 nitrogen and oxygen atoms in total. The Hall–Kier alpha value is -4.86. The van der Waals surface area contributed by atoms with Crippen molar-refractivity contribution in [3.05, 3.63) is 84.4 Å². The first-order valence-corrected chi connectivity index (χ1v) is 12.0. The number of benzene rings is 3. The predicted octanol–water partition coefficient (Wildman–Crippen LogP) is 3.32. The Labute approximate surface area is 220 Å². The van der Waals surface area contributed by atoms with E-state index in [1.54, 1.807) is 36.4 Å². The van der Waals surface area contributed by atoms with Crippen LogP contribution in [0.15, 0.2) is 78.9 Å². The summed E-state index contributed by atoms with van der Waals surface area (Å²) in [6, 6.07) is 22.6. The normalized spacial score (nSPS) is 11.1. The second-order valence-corrected chi connectivity index (χ2v) is 8.31. The van der Waals surface area contributed by atoms with Gasteiger partial charge in [0.05, 0.1) is 31.8 Å². The summed E-state index contributed by atoms with van der Waals surface area (Å²) in [7, 11) is 1.49. The lowest BCUT2D eigenvalue weighted by Crippen LogP contribution is -2.40. The van der Waals surface area contributed by atoms with Gasteiger partial charge in [-0.2, -0.15) is 0 Å². The summed E-state index contributed by atoms with van der Waals surface area (Å²) >= 11 is 0. The zero-order valence-electron chi connectivity index (χ0n) is 20.9. The molecule has 198 valence electrons. The molecule has 0 aromatic heterocycles. The molecule has 0 bridgehead atoms. The molecule has 0 fully saturated rings. The van der Waals surface area contributed by atoms with Gasteiger partial charge in [-0.1, -0.05) is 66.7 Å². The van der Waals surface area contributed by atoms with Gasteiger partial charge in [0.2, 0.25) is 11.8 Å². The van der Waals surface area contributed by atoms with Crippen LogP contribution in [0.4, 0.5) is 10.5 Å². The first kappa shape index (κ1) is 27.7. The minimum Gasteiger partial charge on any atom is -0.495 e. The Bertz CT molecular complexity index is 1250. The average Bonchev–Trinajstić information content (AvgIpc) is 2.92. The fourth-order valence-electron chi connectivity index (χ4n) is 3.68. The lowest BCUT2D eigenvalue weighted by atomic mass is 9.99. The monoisotopic (exact) mass is 518 g/mol. The van der Waals surface area contributed by atoms with Crippen LogP contribution < -0.4 is 26.0 Å². The number of hydrogen-bond acceptors (Lipinski definition) is 5. The molecule has 0 heterocycles. The maximum Gasteiger partial charge on any atom is 0.319 e. The van der Waals surface area contributed by atoms with Gasteiger partial charge in [0, 0.05) is 13.0 Å². The summed E-state index contributed by atoms with van der Waals surface area (Å²) in [5, 5.41) is 19.6. The number of amides is 4. The molecule has 10 heteroatoms. The summed E-state index contributed by atoms with van der Waals surface area (Å²) in [5.74, 6) is -1.54. The standard InChI is InChI=1S/C28H30N4O6/c1-38-24-10-6-5-9-22(24)32-28(37)29-16-15-25(33)30-18-26(34)31-23(17-27(35)36)21-13-11-20(12-14-21)19-7-3-2-4-8-19/h2-14,23H,15-18H2,1H3,(H,30,33)(H,31,34)(H,35,36)(H2,29,32,37). The molecule has 0 aliphatic rings. The Morgan fingerprint density at radius 1 is 0.816 bits per heavy atom. The molecule has 5 N–H and O–H groups in total. The van der Waals surface area contributed by atoms with Crippen LogP contribution in [0.1, 0.15) is 24.4 Å². The summed E-state index contributed by atoms with van der Waals surface area (Å²) < 4.78 is 5.17. The Morgan fingerprint density at radius 2 is 1.47 bits per heavy atom. The topological polar surface area (TPSA) is 146 Å². The van der Waals surface area contributed by atoms with E-state index in [0.717, 1.165) is 11.1 Å². The molecule has 0 radical (unpaired) electrons. The summed E-state index contributed by atoms with van der Waals surface area (Å²) in [4.78, 5) is 48.0. The molecule has 1 unspecified atom stereocenters. The number of anilines is 1. The van der Waals surface area contributed by atoms with Crippen molar-refractivity contribution >= 4 is 29.5 Å². The molecule has 0 saturated heterocycles. The van der Waals surface area contributed by atoms with Gasteiger partial charge >= 0.3 is 12.0 Å². The van der Waals surface area contributed by atoms with Crippen LogP contribution >= 0.6 is 0 Å². The van der Waals surface area contributed by atoms with Crippen molar-refractivity contribution in [3.8, 4) is 16.9 Å². The zero-order chi connectivity index (χ0) is 27.3. The minimum absolute atomic E-state index is 0.0455. The third-order valence-corrected chi connectivity index (χ3v) is 5.57. The number of aliphatic carboxylic acids is 1. The summed E-state index contributed by atoms with van der Waals surface area (Å²) in [5.41, 5.74) is 3.11. The number of para-hydroxylation sites is 2. The highest BCUT2D eigenvalue weighted by molar-refractivity contribution is 5.91. The number of carbonyl (C=O) groups excluding carboxylic acids is 3. The largest absolute Gasteiger partial charge is 0.495 e. The van der Waals surface area contributed by atoms with Gasteiger partial charge in [0.1, 0.15) is 5.75 Å². The van der Waals surface area contributed by atoms with E-state index in [2.05, 4.69) is 21.3 Å². The number of carboxylic acids is 1. The number of urea groups is 1. The van der Waals surface area contributed by atoms with E-state index in [1.165, 1.54) is 7.11 Å². The second-order valence-electron chi connectivity index (χ2n) is 8.31. The molecule has 0 spiro atoms. The smallest absolute Gasteiger partial charge is 0.319 e. The van der Waals surface area contributed by atoms with Crippen LogP contribution in [-0.4, -0.2) is 49.1 Å². The molecule has 0 aliphatic heterocycles. The maximum absolute atomic E-state index is 12.4. The Balaban J connectivity index is 1.44.